The first-order valence-electron chi connectivity index (χ1n) is 4.52. The number of allylic oxidation sites excluding steroid dienone is 2. The molecule has 0 spiro atoms. The highest BCUT2D eigenvalue weighted by Gasteiger charge is 2.27. The van der Waals surface area contributed by atoms with Crippen molar-refractivity contribution in [3.8, 4) is 0 Å². The van der Waals surface area contributed by atoms with Gasteiger partial charge in [0.25, 0.3) is 0 Å². The minimum atomic E-state index is -0.469. The highest BCUT2D eigenvalue weighted by Crippen LogP contribution is 2.27. The van der Waals surface area contributed by atoms with E-state index < -0.39 is 5.60 Å². The number of aliphatic hydroxyl groups is 1. The van der Waals surface area contributed by atoms with Crippen LogP contribution in [0.5, 0.6) is 0 Å². The molecule has 0 saturated carbocycles. The standard InChI is InChI=1S/C11H16O3/c1-13-10-5-3-6-11(9-10,14-2)7-4-8-12/h3-7,12H,8-9H2,1-2H3. The molecule has 0 saturated heterocycles. The Morgan fingerprint density at radius 3 is 2.93 bits per heavy atom. The molecule has 0 bridgehead atoms. The smallest absolute Gasteiger partial charge is 0.111 e. The average Bonchev–Trinajstić information content (AvgIpc) is 2.26. The molecule has 14 heavy (non-hydrogen) atoms. The van der Waals surface area contributed by atoms with Gasteiger partial charge in [-0.2, -0.15) is 0 Å². The lowest BCUT2D eigenvalue weighted by Crippen LogP contribution is -2.28. The molecule has 1 atom stereocenters. The maximum atomic E-state index is 8.72. The van der Waals surface area contributed by atoms with E-state index >= 15 is 0 Å². The molecule has 3 heteroatoms. The van der Waals surface area contributed by atoms with E-state index in [9.17, 15) is 0 Å². The van der Waals surface area contributed by atoms with Gasteiger partial charge >= 0.3 is 0 Å². The molecule has 0 aromatic rings. The Labute approximate surface area is 84.3 Å². The minimum absolute atomic E-state index is 0.0188. The van der Waals surface area contributed by atoms with Gasteiger partial charge in [-0.05, 0) is 12.2 Å². The number of hydrogen-bond donors (Lipinski definition) is 1. The van der Waals surface area contributed by atoms with E-state index in [0.717, 1.165) is 5.76 Å². The van der Waals surface area contributed by atoms with Gasteiger partial charge in [-0.1, -0.05) is 18.2 Å². The van der Waals surface area contributed by atoms with Crippen LogP contribution in [0.15, 0.2) is 36.1 Å². The van der Waals surface area contributed by atoms with E-state index in [-0.39, 0.29) is 6.61 Å². The molecule has 0 aromatic carbocycles. The van der Waals surface area contributed by atoms with E-state index in [0.29, 0.717) is 6.42 Å². The molecule has 0 aromatic heterocycles. The first-order chi connectivity index (χ1) is 6.76. The van der Waals surface area contributed by atoms with Crippen LogP contribution in [0.1, 0.15) is 6.42 Å². The first kappa shape index (κ1) is 11.0. The second-order valence-corrected chi connectivity index (χ2v) is 3.12. The fourth-order valence-corrected chi connectivity index (χ4v) is 1.42. The molecule has 1 rings (SSSR count). The molecule has 1 aliphatic carbocycles. The van der Waals surface area contributed by atoms with Gasteiger partial charge in [0.05, 0.1) is 19.5 Å². The fourth-order valence-electron chi connectivity index (χ4n) is 1.42. The van der Waals surface area contributed by atoms with Gasteiger partial charge in [0.2, 0.25) is 0 Å². The zero-order valence-corrected chi connectivity index (χ0v) is 8.56. The summed E-state index contributed by atoms with van der Waals surface area (Å²) < 4.78 is 10.6. The monoisotopic (exact) mass is 196 g/mol. The molecule has 0 fully saturated rings. The normalized spacial score (nSPS) is 26.6. The summed E-state index contributed by atoms with van der Waals surface area (Å²) in [6.07, 6.45) is 9.92. The van der Waals surface area contributed by atoms with Crippen molar-refractivity contribution in [1.82, 2.24) is 0 Å². The second kappa shape index (κ2) is 4.98. The summed E-state index contributed by atoms with van der Waals surface area (Å²) >= 11 is 0. The Hall–Kier alpha value is -1.06. The maximum absolute atomic E-state index is 8.72. The van der Waals surface area contributed by atoms with Crippen molar-refractivity contribution in [2.75, 3.05) is 20.8 Å². The molecular weight excluding hydrogens is 180 g/mol. The second-order valence-electron chi connectivity index (χ2n) is 3.12. The van der Waals surface area contributed by atoms with Crippen molar-refractivity contribution >= 4 is 0 Å². The summed E-state index contributed by atoms with van der Waals surface area (Å²) in [6.45, 7) is 0.0188. The molecule has 3 nitrogen and oxygen atoms in total. The summed E-state index contributed by atoms with van der Waals surface area (Å²) in [7, 11) is 3.28. The molecule has 78 valence electrons. The average molecular weight is 196 g/mol. The highest BCUT2D eigenvalue weighted by molar-refractivity contribution is 5.28. The van der Waals surface area contributed by atoms with E-state index in [1.807, 2.05) is 24.3 Å². The SMILES string of the molecule is COC1=CC=CC(C=CCO)(OC)C1. The van der Waals surface area contributed by atoms with E-state index in [1.165, 1.54) is 0 Å². The van der Waals surface area contributed by atoms with Crippen molar-refractivity contribution in [1.29, 1.82) is 0 Å². The third-order valence-electron chi connectivity index (χ3n) is 2.26. The predicted octanol–water partition coefficient (Wildman–Crippen LogP) is 1.41. The third-order valence-corrected chi connectivity index (χ3v) is 2.26. The number of methoxy groups -OCH3 is 2. The summed E-state index contributed by atoms with van der Waals surface area (Å²) in [5.41, 5.74) is -0.469. The predicted molar refractivity (Wildman–Crippen MR) is 54.8 cm³/mol. The van der Waals surface area contributed by atoms with Crippen LogP contribution in [0.2, 0.25) is 0 Å². The molecule has 0 aliphatic heterocycles. The van der Waals surface area contributed by atoms with Crippen molar-refractivity contribution in [3.05, 3.63) is 36.1 Å². The van der Waals surface area contributed by atoms with Crippen LogP contribution in [0, 0.1) is 0 Å². The maximum Gasteiger partial charge on any atom is 0.111 e. The fraction of sp³-hybridized carbons (Fsp3) is 0.455. The van der Waals surface area contributed by atoms with Crippen LogP contribution >= 0.6 is 0 Å². The Morgan fingerprint density at radius 1 is 1.57 bits per heavy atom. The molecular formula is C11H16O3. The molecule has 0 radical (unpaired) electrons. The topological polar surface area (TPSA) is 38.7 Å². The van der Waals surface area contributed by atoms with Gasteiger partial charge < -0.3 is 14.6 Å². The van der Waals surface area contributed by atoms with E-state index in [2.05, 4.69) is 0 Å². The van der Waals surface area contributed by atoms with Gasteiger partial charge in [-0.3, -0.25) is 0 Å². The van der Waals surface area contributed by atoms with Crippen LogP contribution in [-0.2, 0) is 9.47 Å². The summed E-state index contributed by atoms with van der Waals surface area (Å²) in [5, 5.41) is 8.72. The van der Waals surface area contributed by atoms with Crippen molar-refractivity contribution in [2.24, 2.45) is 0 Å². The zero-order valence-electron chi connectivity index (χ0n) is 8.56. The van der Waals surface area contributed by atoms with E-state index in [4.69, 9.17) is 14.6 Å². The van der Waals surface area contributed by atoms with Gasteiger partial charge in [0.1, 0.15) is 5.60 Å². The minimum Gasteiger partial charge on any atom is -0.501 e. The van der Waals surface area contributed by atoms with Gasteiger partial charge in [0.15, 0.2) is 0 Å². The number of ether oxygens (including phenoxy) is 2. The van der Waals surface area contributed by atoms with Gasteiger partial charge in [0, 0.05) is 13.5 Å². The molecule has 1 N–H and O–H groups in total. The van der Waals surface area contributed by atoms with Crippen molar-refractivity contribution < 1.29 is 14.6 Å². The summed E-state index contributed by atoms with van der Waals surface area (Å²) in [5.74, 6) is 0.872. The van der Waals surface area contributed by atoms with E-state index in [1.54, 1.807) is 20.3 Å². The lowest BCUT2D eigenvalue weighted by Gasteiger charge is -2.28. The first-order valence-corrected chi connectivity index (χ1v) is 4.52. The lowest BCUT2D eigenvalue weighted by atomic mass is 9.93. The van der Waals surface area contributed by atoms with Crippen LogP contribution in [0.25, 0.3) is 0 Å². The molecule has 0 heterocycles. The molecule has 1 aliphatic rings. The van der Waals surface area contributed by atoms with Gasteiger partial charge in [-0.15, -0.1) is 0 Å². The number of aliphatic hydroxyl groups excluding tert-OH is 1. The van der Waals surface area contributed by atoms with Crippen molar-refractivity contribution in [3.63, 3.8) is 0 Å². The Bertz CT molecular complexity index is 266. The van der Waals surface area contributed by atoms with Crippen molar-refractivity contribution in [2.45, 2.75) is 12.0 Å². The largest absolute Gasteiger partial charge is 0.501 e. The van der Waals surface area contributed by atoms with Crippen LogP contribution in [0.4, 0.5) is 0 Å². The third kappa shape index (κ3) is 2.47. The van der Waals surface area contributed by atoms with Crippen LogP contribution < -0.4 is 0 Å². The Kier molecular flexibility index (Phi) is 3.92. The Balaban J connectivity index is 2.78. The lowest BCUT2D eigenvalue weighted by molar-refractivity contribution is 0.0589. The van der Waals surface area contributed by atoms with Gasteiger partial charge in [-0.25, -0.2) is 0 Å². The summed E-state index contributed by atoms with van der Waals surface area (Å²) in [4.78, 5) is 0. The highest BCUT2D eigenvalue weighted by atomic mass is 16.5. The quantitative estimate of drug-likeness (QED) is 0.691. The van der Waals surface area contributed by atoms with Crippen LogP contribution in [-0.4, -0.2) is 31.5 Å². The Morgan fingerprint density at radius 2 is 2.36 bits per heavy atom. The number of rotatable bonds is 4. The molecule has 1 unspecified atom stereocenters. The van der Waals surface area contributed by atoms with Crippen LogP contribution in [0.3, 0.4) is 0 Å². The number of hydrogen-bond acceptors (Lipinski definition) is 3. The molecule has 0 amide bonds. The summed E-state index contributed by atoms with van der Waals surface area (Å²) in [6, 6.07) is 0. The zero-order chi connectivity index (χ0) is 10.4.